The van der Waals surface area contributed by atoms with Crippen molar-refractivity contribution in [1.82, 2.24) is 4.90 Å². The van der Waals surface area contributed by atoms with Crippen molar-refractivity contribution in [3.8, 4) is 0 Å². The lowest BCUT2D eigenvalue weighted by molar-refractivity contribution is -0.127. The minimum absolute atomic E-state index is 0.0436. The zero-order valence-corrected chi connectivity index (χ0v) is 9.71. The Labute approximate surface area is 96.2 Å². The van der Waals surface area contributed by atoms with Gasteiger partial charge in [0, 0.05) is 13.1 Å². The fraction of sp³-hybridized carbons (Fsp3) is 0.364. The molecule has 1 heterocycles. The SMILES string of the molecule is O=C1C(Br)CCN1Cc1ccc(F)cc1. The topological polar surface area (TPSA) is 20.3 Å². The van der Waals surface area contributed by atoms with Crippen molar-refractivity contribution < 1.29 is 9.18 Å². The lowest BCUT2D eigenvalue weighted by Gasteiger charge is -2.15. The molecule has 1 saturated heterocycles. The monoisotopic (exact) mass is 271 g/mol. The predicted molar refractivity (Wildman–Crippen MR) is 59.1 cm³/mol. The first kappa shape index (κ1) is 10.6. The summed E-state index contributed by atoms with van der Waals surface area (Å²) in [5.41, 5.74) is 0.964. The molecular formula is C11H11BrFNO. The molecule has 1 amide bonds. The first-order valence-corrected chi connectivity index (χ1v) is 5.75. The van der Waals surface area contributed by atoms with Crippen molar-refractivity contribution in [3.63, 3.8) is 0 Å². The summed E-state index contributed by atoms with van der Waals surface area (Å²) in [5.74, 6) is -0.121. The zero-order valence-electron chi connectivity index (χ0n) is 8.12. The zero-order chi connectivity index (χ0) is 10.8. The van der Waals surface area contributed by atoms with E-state index in [1.165, 1.54) is 12.1 Å². The highest BCUT2D eigenvalue weighted by Gasteiger charge is 2.28. The Morgan fingerprint density at radius 2 is 2.07 bits per heavy atom. The molecule has 0 radical (unpaired) electrons. The number of likely N-dealkylation sites (tertiary alicyclic amines) is 1. The number of hydrogen-bond acceptors (Lipinski definition) is 1. The maximum Gasteiger partial charge on any atom is 0.236 e. The molecule has 2 nitrogen and oxygen atoms in total. The normalized spacial score (nSPS) is 21.1. The highest BCUT2D eigenvalue weighted by molar-refractivity contribution is 9.10. The van der Waals surface area contributed by atoms with E-state index in [2.05, 4.69) is 15.9 Å². The van der Waals surface area contributed by atoms with Crippen LogP contribution in [0, 0.1) is 5.82 Å². The molecule has 15 heavy (non-hydrogen) atoms. The number of carbonyl (C=O) groups excluding carboxylic acids is 1. The van der Waals surface area contributed by atoms with Crippen LogP contribution in [0.3, 0.4) is 0 Å². The molecule has 1 aromatic rings. The van der Waals surface area contributed by atoms with E-state index >= 15 is 0 Å². The smallest absolute Gasteiger partial charge is 0.236 e. The number of hydrogen-bond donors (Lipinski definition) is 0. The van der Waals surface area contributed by atoms with Crippen molar-refractivity contribution >= 4 is 21.8 Å². The summed E-state index contributed by atoms with van der Waals surface area (Å²) in [6.45, 7) is 1.34. The Bertz CT molecular complexity index is 365. The summed E-state index contributed by atoms with van der Waals surface area (Å²) in [6.07, 6.45) is 0.847. The molecule has 1 aliphatic rings. The van der Waals surface area contributed by atoms with Crippen LogP contribution in [0.25, 0.3) is 0 Å². The van der Waals surface area contributed by atoms with Crippen LogP contribution in [0.5, 0.6) is 0 Å². The maximum atomic E-state index is 12.7. The van der Waals surface area contributed by atoms with Gasteiger partial charge < -0.3 is 4.90 Å². The van der Waals surface area contributed by atoms with E-state index in [0.717, 1.165) is 18.5 Å². The molecule has 4 heteroatoms. The van der Waals surface area contributed by atoms with Crippen LogP contribution < -0.4 is 0 Å². The second-order valence-electron chi connectivity index (χ2n) is 3.64. The number of alkyl halides is 1. The van der Waals surface area contributed by atoms with Crippen LogP contribution in [0.1, 0.15) is 12.0 Å². The van der Waals surface area contributed by atoms with Crippen LogP contribution in [-0.2, 0) is 11.3 Å². The molecule has 80 valence electrons. The Balaban J connectivity index is 2.03. The summed E-state index contributed by atoms with van der Waals surface area (Å²) in [5, 5.41) is 0. The van der Waals surface area contributed by atoms with Crippen molar-refractivity contribution in [2.45, 2.75) is 17.8 Å². The first-order valence-electron chi connectivity index (χ1n) is 4.84. The molecular weight excluding hydrogens is 261 g/mol. The molecule has 0 aromatic heterocycles. The maximum absolute atomic E-state index is 12.7. The molecule has 0 saturated carbocycles. The third kappa shape index (κ3) is 2.37. The van der Waals surface area contributed by atoms with E-state index < -0.39 is 0 Å². The van der Waals surface area contributed by atoms with E-state index in [0.29, 0.717) is 6.54 Å². The number of nitrogens with zero attached hydrogens (tertiary/aromatic N) is 1. The minimum Gasteiger partial charge on any atom is -0.337 e. The van der Waals surface area contributed by atoms with E-state index in [1.54, 1.807) is 17.0 Å². The first-order chi connectivity index (χ1) is 7.16. The van der Waals surface area contributed by atoms with E-state index in [-0.39, 0.29) is 16.6 Å². The molecule has 0 bridgehead atoms. The Hall–Kier alpha value is -0.900. The number of benzene rings is 1. The molecule has 0 aliphatic carbocycles. The molecule has 0 spiro atoms. The van der Waals surface area contributed by atoms with Crippen molar-refractivity contribution in [2.75, 3.05) is 6.54 Å². The van der Waals surface area contributed by atoms with Gasteiger partial charge in [0.2, 0.25) is 5.91 Å². The van der Waals surface area contributed by atoms with Crippen molar-refractivity contribution in [3.05, 3.63) is 35.6 Å². The van der Waals surface area contributed by atoms with Crippen LogP contribution in [0.4, 0.5) is 4.39 Å². The number of amides is 1. The standard InChI is InChI=1S/C11H11BrFNO/c12-10-5-6-14(11(10)15)7-8-1-3-9(13)4-2-8/h1-4,10H,5-7H2. The second kappa shape index (κ2) is 4.31. The molecule has 1 fully saturated rings. The second-order valence-corrected chi connectivity index (χ2v) is 4.75. The van der Waals surface area contributed by atoms with Crippen LogP contribution in [0.2, 0.25) is 0 Å². The van der Waals surface area contributed by atoms with Crippen molar-refractivity contribution in [2.24, 2.45) is 0 Å². The quantitative estimate of drug-likeness (QED) is 0.757. The fourth-order valence-corrected chi connectivity index (χ4v) is 2.16. The van der Waals surface area contributed by atoms with Crippen LogP contribution >= 0.6 is 15.9 Å². The van der Waals surface area contributed by atoms with Gasteiger partial charge in [-0.1, -0.05) is 28.1 Å². The van der Waals surface area contributed by atoms with E-state index in [4.69, 9.17) is 0 Å². The average molecular weight is 272 g/mol. The molecule has 1 aliphatic heterocycles. The largest absolute Gasteiger partial charge is 0.337 e. The van der Waals surface area contributed by atoms with Gasteiger partial charge >= 0.3 is 0 Å². The Morgan fingerprint density at radius 1 is 1.40 bits per heavy atom. The summed E-state index contributed by atoms with van der Waals surface area (Å²) in [7, 11) is 0. The Kier molecular flexibility index (Phi) is 3.05. The van der Waals surface area contributed by atoms with E-state index in [9.17, 15) is 9.18 Å². The fourth-order valence-electron chi connectivity index (χ4n) is 1.67. The highest BCUT2D eigenvalue weighted by Crippen LogP contribution is 2.20. The van der Waals surface area contributed by atoms with Gasteiger partial charge in [0.1, 0.15) is 5.82 Å². The molecule has 2 rings (SSSR count). The lowest BCUT2D eigenvalue weighted by atomic mass is 10.2. The van der Waals surface area contributed by atoms with Gasteiger partial charge in [0.05, 0.1) is 4.83 Å². The molecule has 0 N–H and O–H groups in total. The molecule has 1 unspecified atom stereocenters. The summed E-state index contributed by atoms with van der Waals surface area (Å²) in [6, 6.07) is 6.26. The minimum atomic E-state index is -0.245. The van der Waals surface area contributed by atoms with Crippen molar-refractivity contribution in [1.29, 1.82) is 0 Å². The van der Waals surface area contributed by atoms with Gasteiger partial charge in [-0.15, -0.1) is 0 Å². The molecule has 1 atom stereocenters. The van der Waals surface area contributed by atoms with Gasteiger partial charge in [-0.25, -0.2) is 4.39 Å². The van der Waals surface area contributed by atoms with Gasteiger partial charge in [0.15, 0.2) is 0 Å². The van der Waals surface area contributed by atoms with E-state index in [1.807, 2.05) is 0 Å². The van der Waals surface area contributed by atoms with Gasteiger partial charge in [0.25, 0.3) is 0 Å². The van der Waals surface area contributed by atoms with Gasteiger partial charge in [-0.3, -0.25) is 4.79 Å². The third-order valence-electron chi connectivity index (χ3n) is 2.52. The summed E-state index contributed by atoms with van der Waals surface area (Å²) < 4.78 is 12.7. The van der Waals surface area contributed by atoms with Crippen LogP contribution in [0.15, 0.2) is 24.3 Å². The highest BCUT2D eigenvalue weighted by atomic mass is 79.9. The summed E-state index contributed by atoms with van der Waals surface area (Å²) in [4.78, 5) is 13.3. The Morgan fingerprint density at radius 3 is 2.60 bits per heavy atom. The number of halogens is 2. The van der Waals surface area contributed by atoms with Crippen LogP contribution in [-0.4, -0.2) is 22.2 Å². The molecule has 1 aromatic carbocycles. The number of rotatable bonds is 2. The third-order valence-corrected chi connectivity index (χ3v) is 3.37. The lowest BCUT2D eigenvalue weighted by Crippen LogP contribution is -2.26. The van der Waals surface area contributed by atoms with Gasteiger partial charge in [-0.2, -0.15) is 0 Å². The van der Waals surface area contributed by atoms with Gasteiger partial charge in [-0.05, 0) is 24.1 Å². The summed E-state index contributed by atoms with van der Waals surface area (Å²) >= 11 is 3.32. The number of carbonyl (C=O) groups is 1. The predicted octanol–water partition coefficient (Wildman–Crippen LogP) is 2.32. The average Bonchev–Trinajstić information content (AvgIpc) is 2.53.